The van der Waals surface area contributed by atoms with Crippen molar-refractivity contribution in [2.75, 3.05) is 18.5 Å². The van der Waals surface area contributed by atoms with Gasteiger partial charge in [0.2, 0.25) is 0 Å². The van der Waals surface area contributed by atoms with Gasteiger partial charge in [0.05, 0.1) is 0 Å². The maximum atomic E-state index is 10.6. The van der Waals surface area contributed by atoms with Crippen LogP contribution in [0.3, 0.4) is 0 Å². The quantitative estimate of drug-likeness (QED) is 0.756. The minimum atomic E-state index is 0.350. The SMILES string of the molecule is CN1CC(CC=O)c2c(Br)cccc21. The number of halogens is 1. The van der Waals surface area contributed by atoms with Gasteiger partial charge in [-0.1, -0.05) is 22.0 Å². The molecule has 14 heavy (non-hydrogen) atoms. The van der Waals surface area contributed by atoms with Crippen LogP contribution in [0.15, 0.2) is 22.7 Å². The first-order chi connectivity index (χ1) is 6.74. The molecule has 1 aliphatic rings. The van der Waals surface area contributed by atoms with Crippen LogP contribution in [-0.2, 0) is 4.79 Å². The van der Waals surface area contributed by atoms with Crippen LogP contribution in [0.2, 0.25) is 0 Å². The van der Waals surface area contributed by atoms with E-state index < -0.39 is 0 Å². The molecule has 1 aromatic rings. The molecule has 1 aromatic carbocycles. The fourth-order valence-electron chi connectivity index (χ4n) is 2.09. The lowest BCUT2D eigenvalue weighted by molar-refractivity contribution is -0.108. The van der Waals surface area contributed by atoms with Gasteiger partial charge < -0.3 is 9.69 Å². The molecule has 1 heterocycles. The summed E-state index contributed by atoms with van der Waals surface area (Å²) in [7, 11) is 2.07. The standard InChI is InChI=1S/C11H12BrNO/c1-13-7-8(5-6-14)11-9(12)3-2-4-10(11)13/h2-4,6,8H,5,7H2,1H3. The summed E-state index contributed by atoms with van der Waals surface area (Å²) in [4.78, 5) is 12.8. The van der Waals surface area contributed by atoms with Crippen molar-refractivity contribution >= 4 is 27.9 Å². The second-order valence-corrected chi connectivity index (χ2v) is 4.51. The van der Waals surface area contributed by atoms with E-state index in [0.717, 1.165) is 17.3 Å². The van der Waals surface area contributed by atoms with Crippen molar-refractivity contribution < 1.29 is 4.79 Å². The van der Waals surface area contributed by atoms with E-state index in [4.69, 9.17) is 0 Å². The molecule has 74 valence electrons. The minimum absolute atomic E-state index is 0.350. The number of anilines is 1. The molecule has 0 saturated carbocycles. The fourth-order valence-corrected chi connectivity index (χ4v) is 2.77. The van der Waals surface area contributed by atoms with E-state index in [0.29, 0.717) is 12.3 Å². The predicted octanol–water partition coefficient (Wildman–Crippen LogP) is 2.57. The first kappa shape index (κ1) is 9.71. The van der Waals surface area contributed by atoms with Gasteiger partial charge in [0, 0.05) is 36.1 Å². The van der Waals surface area contributed by atoms with Gasteiger partial charge in [0.1, 0.15) is 6.29 Å². The number of nitrogens with zero attached hydrogens (tertiary/aromatic N) is 1. The third-order valence-corrected chi connectivity index (χ3v) is 3.42. The number of aldehydes is 1. The monoisotopic (exact) mass is 253 g/mol. The molecule has 1 unspecified atom stereocenters. The topological polar surface area (TPSA) is 20.3 Å². The first-order valence-electron chi connectivity index (χ1n) is 4.67. The van der Waals surface area contributed by atoms with E-state index in [1.807, 2.05) is 12.1 Å². The Morgan fingerprint density at radius 3 is 3.14 bits per heavy atom. The number of hydrogen-bond acceptors (Lipinski definition) is 2. The highest BCUT2D eigenvalue weighted by atomic mass is 79.9. The second-order valence-electron chi connectivity index (χ2n) is 3.65. The summed E-state index contributed by atoms with van der Waals surface area (Å²) in [5.74, 6) is 0.350. The molecule has 0 N–H and O–H groups in total. The van der Waals surface area contributed by atoms with Crippen molar-refractivity contribution in [3.05, 3.63) is 28.2 Å². The molecule has 0 aromatic heterocycles. The molecule has 0 radical (unpaired) electrons. The zero-order valence-corrected chi connectivity index (χ0v) is 9.62. The van der Waals surface area contributed by atoms with Gasteiger partial charge >= 0.3 is 0 Å². The summed E-state index contributed by atoms with van der Waals surface area (Å²) in [5, 5.41) is 0. The Labute approximate surface area is 92.0 Å². The first-order valence-corrected chi connectivity index (χ1v) is 5.46. The van der Waals surface area contributed by atoms with Crippen LogP contribution < -0.4 is 4.90 Å². The van der Waals surface area contributed by atoms with Gasteiger partial charge in [0.25, 0.3) is 0 Å². The third kappa shape index (κ3) is 1.46. The third-order valence-electron chi connectivity index (χ3n) is 2.72. The number of fused-ring (bicyclic) bond motifs is 1. The van der Waals surface area contributed by atoms with Gasteiger partial charge in [0.15, 0.2) is 0 Å². The molecule has 1 atom stereocenters. The Balaban J connectivity index is 2.45. The number of hydrogen-bond donors (Lipinski definition) is 0. The van der Waals surface area contributed by atoms with Crippen LogP contribution in [0, 0.1) is 0 Å². The predicted molar refractivity (Wildman–Crippen MR) is 60.8 cm³/mol. The number of carbonyl (C=O) groups excluding carboxylic acids is 1. The summed E-state index contributed by atoms with van der Waals surface area (Å²) in [6, 6.07) is 6.17. The average molecular weight is 254 g/mol. The van der Waals surface area contributed by atoms with Crippen molar-refractivity contribution in [2.45, 2.75) is 12.3 Å². The van der Waals surface area contributed by atoms with Crippen molar-refractivity contribution in [3.63, 3.8) is 0 Å². The molecule has 0 bridgehead atoms. The highest BCUT2D eigenvalue weighted by Crippen LogP contribution is 2.41. The summed E-state index contributed by atoms with van der Waals surface area (Å²) in [6.07, 6.45) is 1.62. The van der Waals surface area contributed by atoms with Crippen molar-refractivity contribution in [1.29, 1.82) is 0 Å². The summed E-state index contributed by atoms with van der Waals surface area (Å²) < 4.78 is 1.12. The second kappa shape index (κ2) is 3.73. The van der Waals surface area contributed by atoms with Crippen LogP contribution in [-0.4, -0.2) is 19.9 Å². The molecule has 0 saturated heterocycles. The molecule has 0 aliphatic carbocycles. The largest absolute Gasteiger partial charge is 0.374 e. The zero-order valence-electron chi connectivity index (χ0n) is 8.03. The van der Waals surface area contributed by atoms with Gasteiger partial charge in [-0.15, -0.1) is 0 Å². The number of likely N-dealkylation sites (N-methyl/N-ethyl adjacent to an activating group) is 1. The maximum absolute atomic E-state index is 10.6. The Bertz CT molecular complexity index is 364. The van der Waals surface area contributed by atoms with E-state index in [1.165, 1.54) is 11.3 Å². The van der Waals surface area contributed by atoms with Crippen molar-refractivity contribution in [2.24, 2.45) is 0 Å². The van der Waals surface area contributed by atoms with E-state index in [2.05, 4.69) is 33.9 Å². The van der Waals surface area contributed by atoms with Gasteiger partial charge in [-0.25, -0.2) is 0 Å². The summed E-state index contributed by atoms with van der Waals surface area (Å²) in [5.41, 5.74) is 2.52. The Morgan fingerprint density at radius 2 is 2.43 bits per heavy atom. The highest BCUT2D eigenvalue weighted by Gasteiger charge is 2.27. The molecule has 1 aliphatic heterocycles. The molecular weight excluding hydrogens is 242 g/mol. The van der Waals surface area contributed by atoms with Crippen LogP contribution in [0.1, 0.15) is 17.9 Å². The van der Waals surface area contributed by atoms with Gasteiger partial charge in [-0.3, -0.25) is 0 Å². The Kier molecular flexibility index (Phi) is 2.59. The van der Waals surface area contributed by atoms with Crippen LogP contribution in [0.5, 0.6) is 0 Å². The molecular formula is C11H12BrNO. The average Bonchev–Trinajstić information content (AvgIpc) is 2.46. The van der Waals surface area contributed by atoms with Crippen molar-refractivity contribution in [1.82, 2.24) is 0 Å². The van der Waals surface area contributed by atoms with Crippen LogP contribution >= 0.6 is 15.9 Å². The number of carbonyl (C=O) groups is 1. The molecule has 0 fully saturated rings. The summed E-state index contributed by atoms with van der Waals surface area (Å²) in [6.45, 7) is 0.941. The minimum Gasteiger partial charge on any atom is -0.374 e. The maximum Gasteiger partial charge on any atom is 0.120 e. The molecule has 3 heteroatoms. The van der Waals surface area contributed by atoms with Crippen LogP contribution in [0.4, 0.5) is 5.69 Å². The van der Waals surface area contributed by atoms with Crippen LogP contribution in [0.25, 0.3) is 0 Å². The fraction of sp³-hybridized carbons (Fsp3) is 0.364. The van der Waals surface area contributed by atoms with E-state index in [9.17, 15) is 4.79 Å². The number of benzene rings is 1. The molecule has 2 rings (SSSR count). The Hall–Kier alpha value is -0.830. The smallest absolute Gasteiger partial charge is 0.120 e. The highest BCUT2D eigenvalue weighted by molar-refractivity contribution is 9.10. The normalized spacial score (nSPS) is 19.6. The lowest BCUT2D eigenvalue weighted by Gasteiger charge is -2.11. The van der Waals surface area contributed by atoms with E-state index in [1.54, 1.807) is 0 Å². The lowest BCUT2D eigenvalue weighted by Crippen LogP contribution is -2.15. The number of rotatable bonds is 2. The van der Waals surface area contributed by atoms with E-state index in [-0.39, 0.29) is 0 Å². The molecule has 0 spiro atoms. The Morgan fingerprint density at radius 1 is 1.64 bits per heavy atom. The lowest BCUT2D eigenvalue weighted by atomic mass is 9.99. The van der Waals surface area contributed by atoms with Gasteiger partial charge in [-0.2, -0.15) is 0 Å². The van der Waals surface area contributed by atoms with Gasteiger partial charge in [-0.05, 0) is 17.7 Å². The molecule has 0 amide bonds. The van der Waals surface area contributed by atoms with Crippen molar-refractivity contribution in [3.8, 4) is 0 Å². The zero-order chi connectivity index (χ0) is 10.1. The van der Waals surface area contributed by atoms with E-state index >= 15 is 0 Å². The molecule has 2 nitrogen and oxygen atoms in total. The summed E-state index contributed by atoms with van der Waals surface area (Å²) >= 11 is 3.54.